The van der Waals surface area contributed by atoms with E-state index in [1.807, 2.05) is 6.08 Å². The molecule has 7 N–H and O–H groups in total. The summed E-state index contributed by atoms with van der Waals surface area (Å²) >= 11 is 0. The summed E-state index contributed by atoms with van der Waals surface area (Å²) in [5, 5.41) is 64.8. The number of hydrogen-bond donors (Lipinski definition) is 7. The van der Waals surface area contributed by atoms with Gasteiger partial charge in [0, 0.05) is 0 Å². The van der Waals surface area contributed by atoms with Crippen molar-refractivity contribution in [2.24, 2.45) is 0 Å². The summed E-state index contributed by atoms with van der Waals surface area (Å²) in [6.07, 6.45) is 48.3. The van der Waals surface area contributed by atoms with Crippen LogP contribution in [0.4, 0.5) is 0 Å². The molecule has 8 unspecified atom stereocenters. The molecule has 0 aromatic heterocycles. The second-order valence-electron chi connectivity index (χ2n) is 19.5. The topological polar surface area (TPSA) is 169 Å². The zero-order valence-electron chi connectivity index (χ0n) is 42.6. The molecule has 1 rings (SSSR count). The first-order valence-electron chi connectivity index (χ1n) is 27.8. The number of unbranched alkanes of at least 4 members (excludes halogenated alkanes) is 32. The number of carbonyl (C=O) groups excluding carboxylic acids is 1. The van der Waals surface area contributed by atoms with Gasteiger partial charge in [-0.1, -0.05) is 237 Å². The molecule has 0 aromatic rings. The number of aliphatic hydroxyl groups is 6. The van der Waals surface area contributed by atoms with E-state index < -0.39 is 61.5 Å². The second kappa shape index (κ2) is 45.8. The van der Waals surface area contributed by atoms with Crippen molar-refractivity contribution in [1.29, 1.82) is 0 Å². The normalized spacial score (nSPS) is 20.5. The highest BCUT2D eigenvalue weighted by molar-refractivity contribution is 5.80. The minimum absolute atomic E-state index is 0.305. The Hall–Kier alpha value is -1.63. The number of hydrogen-bond acceptors (Lipinski definition) is 9. The zero-order valence-corrected chi connectivity index (χ0v) is 42.6. The largest absolute Gasteiger partial charge is 0.394 e. The lowest BCUT2D eigenvalue weighted by Gasteiger charge is -2.40. The Kier molecular flexibility index (Phi) is 43.3. The van der Waals surface area contributed by atoms with Gasteiger partial charge in [-0.2, -0.15) is 0 Å². The van der Waals surface area contributed by atoms with Crippen LogP contribution in [-0.4, -0.2) is 98.7 Å². The minimum atomic E-state index is -1.61. The Balaban J connectivity index is 2.18. The number of nitrogens with one attached hydrogen (secondary N) is 1. The number of rotatable bonds is 47. The molecule has 1 fully saturated rings. The molecule has 1 aliphatic rings. The van der Waals surface area contributed by atoms with E-state index in [2.05, 4.69) is 43.5 Å². The maximum atomic E-state index is 13.1. The summed E-state index contributed by atoms with van der Waals surface area (Å²) in [4.78, 5) is 13.1. The van der Waals surface area contributed by atoms with Gasteiger partial charge >= 0.3 is 0 Å². The van der Waals surface area contributed by atoms with Crippen molar-refractivity contribution < 1.29 is 44.9 Å². The quantitative estimate of drug-likeness (QED) is 0.0232. The van der Waals surface area contributed by atoms with Gasteiger partial charge in [-0.3, -0.25) is 4.79 Å². The van der Waals surface area contributed by atoms with E-state index in [0.29, 0.717) is 6.42 Å². The van der Waals surface area contributed by atoms with Gasteiger partial charge in [-0.05, 0) is 51.4 Å². The molecule has 0 radical (unpaired) electrons. The Morgan fingerprint density at radius 1 is 0.530 bits per heavy atom. The Morgan fingerprint density at radius 3 is 1.35 bits per heavy atom. The van der Waals surface area contributed by atoms with Crippen LogP contribution in [0.1, 0.15) is 251 Å². The van der Waals surface area contributed by atoms with Gasteiger partial charge in [0.2, 0.25) is 5.91 Å². The molecule has 66 heavy (non-hydrogen) atoms. The number of amides is 1. The number of carbonyl (C=O) groups is 1. The summed E-state index contributed by atoms with van der Waals surface area (Å²) < 4.78 is 11.1. The average Bonchev–Trinajstić information content (AvgIpc) is 3.32. The molecule has 1 aliphatic heterocycles. The van der Waals surface area contributed by atoms with Crippen LogP contribution < -0.4 is 5.32 Å². The van der Waals surface area contributed by atoms with E-state index in [4.69, 9.17) is 9.47 Å². The summed E-state index contributed by atoms with van der Waals surface area (Å²) in [5.41, 5.74) is 0. The van der Waals surface area contributed by atoms with E-state index in [-0.39, 0.29) is 6.61 Å². The molecule has 0 bridgehead atoms. The van der Waals surface area contributed by atoms with Crippen molar-refractivity contribution in [2.45, 2.75) is 300 Å². The maximum absolute atomic E-state index is 13.1. The smallest absolute Gasteiger partial charge is 0.249 e. The predicted octanol–water partition coefficient (Wildman–Crippen LogP) is 12.2. The standard InChI is InChI=1S/C56H105NO9/c1-3-5-7-9-11-13-15-16-17-18-19-20-21-22-23-24-25-26-27-28-29-30-31-32-33-35-37-39-41-43-45-50(60)55(64)57-48(47-65-56-54(63)53(62)52(61)51(46-58)66-56)49(59)44-42-40-38-36-34-14-12-10-8-6-4-2/h19-20,22-23,42,44,48-54,56,58-63H,3-18,21,24-41,43,45-47H2,1-2H3,(H,57,64)/b20-19-,23-22-,44-42+. The molecule has 0 aliphatic carbocycles. The molecule has 10 heteroatoms. The molecule has 8 atom stereocenters. The lowest BCUT2D eigenvalue weighted by atomic mass is 9.99. The van der Waals surface area contributed by atoms with E-state index in [0.717, 1.165) is 51.4 Å². The maximum Gasteiger partial charge on any atom is 0.249 e. The van der Waals surface area contributed by atoms with E-state index >= 15 is 0 Å². The van der Waals surface area contributed by atoms with Crippen molar-refractivity contribution in [3.8, 4) is 0 Å². The number of aliphatic hydroxyl groups excluding tert-OH is 6. The van der Waals surface area contributed by atoms with Crippen LogP contribution in [0.5, 0.6) is 0 Å². The fraction of sp³-hybridized carbons (Fsp3) is 0.875. The highest BCUT2D eigenvalue weighted by atomic mass is 16.7. The third kappa shape index (κ3) is 34.6. The van der Waals surface area contributed by atoms with Crippen LogP contribution in [-0.2, 0) is 14.3 Å². The van der Waals surface area contributed by atoms with Crippen LogP contribution >= 0.6 is 0 Å². The fourth-order valence-corrected chi connectivity index (χ4v) is 8.78. The number of ether oxygens (including phenoxy) is 2. The third-order valence-electron chi connectivity index (χ3n) is 13.3. The number of allylic oxidation sites excluding steroid dienone is 5. The molecular formula is C56H105NO9. The van der Waals surface area contributed by atoms with Gasteiger partial charge in [0.25, 0.3) is 0 Å². The zero-order chi connectivity index (χ0) is 48.1. The third-order valence-corrected chi connectivity index (χ3v) is 13.3. The first-order chi connectivity index (χ1) is 32.3. The van der Waals surface area contributed by atoms with E-state index in [1.165, 1.54) is 180 Å². The molecule has 1 amide bonds. The summed E-state index contributed by atoms with van der Waals surface area (Å²) in [6, 6.07) is -0.979. The molecule has 388 valence electrons. The molecule has 0 spiro atoms. The predicted molar refractivity (Wildman–Crippen MR) is 273 cm³/mol. The van der Waals surface area contributed by atoms with Crippen molar-refractivity contribution in [2.75, 3.05) is 13.2 Å². The highest BCUT2D eigenvalue weighted by Crippen LogP contribution is 2.23. The first-order valence-corrected chi connectivity index (χ1v) is 27.8. The molecule has 0 saturated carbocycles. The van der Waals surface area contributed by atoms with Crippen molar-refractivity contribution >= 4 is 5.91 Å². The highest BCUT2D eigenvalue weighted by Gasteiger charge is 2.44. The molecule has 10 nitrogen and oxygen atoms in total. The summed E-state index contributed by atoms with van der Waals surface area (Å²) in [5.74, 6) is -0.616. The Labute approximate surface area is 404 Å². The summed E-state index contributed by atoms with van der Waals surface area (Å²) in [6.45, 7) is 3.60. The van der Waals surface area contributed by atoms with Crippen LogP contribution in [0.2, 0.25) is 0 Å². The van der Waals surface area contributed by atoms with Crippen molar-refractivity contribution in [1.82, 2.24) is 5.32 Å². The molecule has 1 saturated heterocycles. The SMILES string of the molecule is CCCCCCCCCCC/C=C\C/C=C\CCCCCCCCCCCCCCCCC(O)C(=O)NC(COC1OC(CO)C(O)C(O)C1O)C(O)/C=C/CCCCCCCCCCC. The van der Waals surface area contributed by atoms with Gasteiger partial charge < -0.3 is 45.4 Å². The first kappa shape index (κ1) is 62.4. The monoisotopic (exact) mass is 936 g/mol. The lowest BCUT2D eigenvalue weighted by Crippen LogP contribution is -2.60. The Morgan fingerprint density at radius 2 is 0.924 bits per heavy atom. The van der Waals surface area contributed by atoms with Crippen LogP contribution in [0.25, 0.3) is 0 Å². The van der Waals surface area contributed by atoms with Gasteiger partial charge in [-0.25, -0.2) is 0 Å². The van der Waals surface area contributed by atoms with E-state index in [9.17, 15) is 35.4 Å². The van der Waals surface area contributed by atoms with Crippen LogP contribution in [0.15, 0.2) is 36.5 Å². The Bertz CT molecular complexity index is 1150. The molecular weight excluding hydrogens is 831 g/mol. The van der Waals surface area contributed by atoms with E-state index in [1.54, 1.807) is 6.08 Å². The summed E-state index contributed by atoms with van der Waals surface area (Å²) in [7, 11) is 0. The average molecular weight is 936 g/mol. The van der Waals surface area contributed by atoms with Gasteiger partial charge in [0.15, 0.2) is 6.29 Å². The molecule has 1 heterocycles. The second-order valence-corrected chi connectivity index (χ2v) is 19.5. The van der Waals surface area contributed by atoms with Gasteiger partial charge in [0.1, 0.15) is 30.5 Å². The molecule has 0 aromatic carbocycles. The lowest BCUT2D eigenvalue weighted by molar-refractivity contribution is -0.302. The van der Waals surface area contributed by atoms with Gasteiger partial charge in [-0.15, -0.1) is 0 Å². The fourth-order valence-electron chi connectivity index (χ4n) is 8.78. The van der Waals surface area contributed by atoms with Gasteiger partial charge in [0.05, 0.1) is 25.4 Å². The van der Waals surface area contributed by atoms with Crippen molar-refractivity contribution in [3.63, 3.8) is 0 Å². The van der Waals surface area contributed by atoms with Crippen LogP contribution in [0, 0.1) is 0 Å². The van der Waals surface area contributed by atoms with Crippen molar-refractivity contribution in [3.05, 3.63) is 36.5 Å². The van der Waals surface area contributed by atoms with Crippen LogP contribution in [0.3, 0.4) is 0 Å². The minimum Gasteiger partial charge on any atom is -0.394 e.